The van der Waals surface area contributed by atoms with Gasteiger partial charge in [0.15, 0.2) is 11.5 Å². The number of carbonyl (C=O) groups is 1. The van der Waals surface area contributed by atoms with Crippen LogP contribution < -0.4 is 10.1 Å². The van der Waals surface area contributed by atoms with Gasteiger partial charge in [0.2, 0.25) is 0 Å². The molecule has 7 nitrogen and oxygen atoms in total. The first-order valence-electron chi connectivity index (χ1n) is 10.1. The minimum atomic E-state index is -0.466. The van der Waals surface area contributed by atoms with Gasteiger partial charge in [-0.15, -0.1) is 0 Å². The zero-order chi connectivity index (χ0) is 22.7. The summed E-state index contributed by atoms with van der Waals surface area (Å²) in [5.41, 5.74) is 4.05. The number of halogens is 1. The first-order chi connectivity index (χ1) is 15.4. The molecule has 164 valence electrons. The largest absolute Gasteiger partial charge is 0.489 e. The maximum Gasteiger partial charge on any atom is 0.279 e. The van der Waals surface area contributed by atoms with Crippen LogP contribution in [0.2, 0.25) is 5.02 Å². The number of aromatic nitrogens is 3. The first-order valence-corrected chi connectivity index (χ1v) is 10.5. The minimum absolute atomic E-state index is 0.138. The maximum absolute atomic E-state index is 12.9. The van der Waals surface area contributed by atoms with E-state index in [0.29, 0.717) is 28.6 Å². The molecule has 0 aliphatic rings. The van der Waals surface area contributed by atoms with Gasteiger partial charge in [-0.05, 0) is 44.0 Å². The zero-order valence-corrected chi connectivity index (χ0v) is 18.8. The molecule has 0 spiro atoms. The number of rotatable bonds is 7. The van der Waals surface area contributed by atoms with Crippen LogP contribution in [0.25, 0.3) is 0 Å². The van der Waals surface area contributed by atoms with Crippen LogP contribution >= 0.6 is 11.6 Å². The number of anilines is 1. The van der Waals surface area contributed by atoms with Crippen molar-refractivity contribution < 1.29 is 14.1 Å². The van der Waals surface area contributed by atoms with Gasteiger partial charge in [0, 0.05) is 6.20 Å². The van der Waals surface area contributed by atoms with Crippen LogP contribution in [0.15, 0.2) is 59.3 Å². The van der Waals surface area contributed by atoms with E-state index < -0.39 is 5.91 Å². The molecule has 0 unspecified atom stereocenters. The van der Waals surface area contributed by atoms with E-state index in [1.165, 1.54) is 5.56 Å². The van der Waals surface area contributed by atoms with Gasteiger partial charge in [-0.1, -0.05) is 58.7 Å². The normalized spacial score (nSPS) is 10.9. The molecule has 8 heteroatoms. The second-order valence-electron chi connectivity index (χ2n) is 7.63. The number of ether oxygens (including phenoxy) is 1. The molecule has 0 aliphatic heterocycles. The van der Waals surface area contributed by atoms with E-state index in [4.69, 9.17) is 20.9 Å². The Labute approximate surface area is 190 Å². The summed E-state index contributed by atoms with van der Waals surface area (Å²) in [7, 11) is 0. The molecule has 0 aliphatic carbocycles. The van der Waals surface area contributed by atoms with Crippen molar-refractivity contribution in [3.8, 4) is 5.75 Å². The lowest BCUT2D eigenvalue weighted by molar-refractivity contribution is 0.101. The number of benzene rings is 2. The van der Waals surface area contributed by atoms with E-state index in [-0.39, 0.29) is 18.1 Å². The number of amides is 1. The van der Waals surface area contributed by atoms with Gasteiger partial charge in [0.05, 0.1) is 12.1 Å². The molecule has 2 heterocycles. The van der Waals surface area contributed by atoms with Crippen LogP contribution in [-0.2, 0) is 13.2 Å². The van der Waals surface area contributed by atoms with Gasteiger partial charge in [0.25, 0.3) is 5.91 Å². The van der Waals surface area contributed by atoms with Gasteiger partial charge in [-0.2, -0.15) is 5.10 Å². The lowest BCUT2D eigenvalue weighted by atomic mass is 10.1. The maximum atomic E-state index is 12.9. The van der Waals surface area contributed by atoms with Gasteiger partial charge in [-0.3, -0.25) is 9.48 Å². The van der Waals surface area contributed by atoms with Gasteiger partial charge in [-0.25, -0.2) is 0 Å². The summed E-state index contributed by atoms with van der Waals surface area (Å²) in [5, 5.41) is 11.4. The summed E-state index contributed by atoms with van der Waals surface area (Å²) in [5.74, 6) is 1.01. The van der Waals surface area contributed by atoms with Crippen molar-refractivity contribution in [3.63, 3.8) is 0 Å². The molecule has 0 radical (unpaired) electrons. The highest BCUT2D eigenvalue weighted by Gasteiger charge is 2.22. The van der Waals surface area contributed by atoms with Crippen molar-refractivity contribution in [1.82, 2.24) is 14.9 Å². The quantitative estimate of drug-likeness (QED) is 0.411. The topological polar surface area (TPSA) is 82.2 Å². The SMILES string of the molecule is Cc1ccc(Cn2cc(Cl)c(NC(=O)c3noc(C)c3COc3cccc(C)c3)n2)cc1. The Kier molecular flexibility index (Phi) is 6.28. The van der Waals surface area contributed by atoms with Crippen LogP contribution in [0, 0.1) is 20.8 Å². The van der Waals surface area contributed by atoms with E-state index in [9.17, 15) is 4.79 Å². The van der Waals surface area contributed by atoms with Crippen LogP contribution in [-0.4, -0.2) is 20.8 Å². The van der Waals surface area contributed by atoms with E-state index in [2.05, 4.69) is 15.6 Å². The van der Waals surface area contributed by atoms with Crippen molar-refractivity contribution >= 4 is 23.3 Å². The molecular formula is C24H23ClN4O3. The van der Waals surface area contributed by atoms with Gasteiger partial charge in [0.1, 0.15) is 23.1 Å². The molecule has 0 atom stereocenters. The lowest BCUT2D eigenvalue weighted by Gasteiger charge is -2.07. The highest BCUT2D eigenvalue weighted by molar-refractivity contribution is 6.33. The number of nitrogens with one attached hydrogen (secondary N) is 1. The van der Waals surface area contributed by atoms with Crippen LogP contribution in [0.3, 0.4) is 0 Å². The van der Waals surface area contributed by atoms with E-state index in [0.717, 1.165) is 11.1 Å². The molecule has 32 heavy (non-hydrogen) atoms. The molecular weight excluding hydrogens is 428 g/mol. The summed E-state index contributed by atoms with van der Waals surface area (Å²) >= 11 is 6.30. The van der Waals surface area contributed by atoms with Gasteiger partial charge < -0.3 is 14.6 Å². The van der Waals surface area contributed by atoms with Crippen molar-refractivity contribution in [1.29, 1.82) is 0 Å². The van der Waals surface area contributed by atoms with E-state index in [1.54, 1.807) is 17.8 Å². The zero-order valence-electron chi connectivity index (χ0n) is 18.1. The second-order valence-corrected chi connectivity index (χ2v) is 8.04. The Morgan fingerprint density at radius 3 is 2.66 bits per heavy atom. The smallest absolute Gasteiger partial charge is 0.279 e. The summed E-state index contributed by atoms with van der Waals surface area (Å²) < 4.78 is 12.8. The molecule has 2 aromatic carbocycles. The first kappa shape index (κ1) is 21.6. The van der Waals surface area contributed by atoms with Crippen molar-refractivity contribution in [2.75, 3.05) is 5.32 Å². The lowest BCUT2D eigenvalue weighted by Crippen LogP contribution is -2.16. The summed E-state index contributed by atoms with van der Waals surface area (Å²) in [6.45, 7) is 6.44. The van der Waals surface area contributed by atoms with E-state index in [1.807, 2.05) is 62.4 Å². The molecule has 0 bridgehead atoms. The fraction of sp³-hybridized carbons (Fsp3) is 0.208. The van der Waals surface area contributed by atoms with Crippen molar-refractivity contribution in [3.05, 3.63) is 93.5 Å². The Morgan fingerprint density at radius 2 is 1.91 bits per heavy atom. The van der Waals surface area contributed by atoms with E-state index >= 15 is 0 Å². The Balaban J connectivity index is 1.46. The molecule has 4 aromatic rings. The van der Waals surface area contributed by atoms with Crippen LogP contribution in [0.1, 0.15) is 38.5 Å². The number of nitrogens with zero attached hydrogens (tertiary/aromatic N) is 3. The second kappa shape index (κ2) is 9.28. The number of aryl methyl sites for hydroxylation is 3. The molecule has 4 rings (SSSR count). The number of carbonyl (C=O) groups excluding carboxylic acids is 1. The number of hydrogen-bond acceptors (Lipinski definition) is 5. The third-order valence-electron chi connectivity index (χ3n) is 4.99. The molecule has 1 amide bonds. The fourth-order valence-electron chi connectivity index (χ4n) is 3.21. The Hall–Kier alpha value is -3.58. The predicted octanol–water partition coefficient (Wildman–Crippen LogP) is 5.33. The highest BCUT2D eigenvalue weighted by atomic mass is 35.5. The molecule has 2 aromatic heterocycles. The fourth-order valence-corrected chi connectivity index (χ4v) is 3.41. The average Bonchev–Trinajstić information content (AvgIpc) is 3.30. The highest BCUT2D eigenvalue weighted by Crippen LogP contribution is 2.23. The minimum Gasteiger partial charge on any atom is -0.489 e. The molecule has 0 saturated heterocycles. The number of hydrogen-bond donors (Lipinski definition) is 1. The average molecular weight is 451 g/mol. The third kappa shape index (κ3) is 5.00. The van der Waals surface area contributed by atoms with Crippen LogP contribution in [0.4, 0.5) is 5.82 Å². The van der Waals surface area contributed by atoms with Crippen molar-refractivity contribution in [2.24, 2.45) is 0 Å². The van der Waals surface area contributed by atoms with Gasteiger partial charge >= 0.3 is 0 Å². The summed E-state index contributed by atoms with van der Waals surface area (Å²) in [4.78, 5) is 12.9. The third-order valence-corrected chi connectivity index (χ3v) is 5.26. The molecule has 0 fully saturated rings. The summed E-state index contributed by atoms with van der Waals surface area (Å²) in [6.07, 6.45) is 1.67. The van der Waals surface area contributed by atoms with Crippen molar-refractivity contribution in [2.45, 2.75) is 33.9 Å². The Morgan fingerprint density at radius 1 is 1.12 bits per heavy atom. The Bertz CT molecular complexity index is 1240. The molecule has 1 N–H and O–H groups in total. The molecule has 0 saturated carbocycles. The van der Waals surface area contributed by atoms with Crippen LogP contribution in [0.5, 0.6) is 5.75 Å². The standard InChI is InChI=1S/C24H23ClN4O3/c1-15-7-9-18(10-8-15)12-29-13-21(25)23(27-29)26-24(30)22-20(17(3)32-28-22)14-31-19-6-4-5-16(2)11-19/h4-11,13H,12,14H2,1-3H3,(H,26,27,30). The predicted molar refractivity (Wildman–Crippen MR) is 122 cm³/mol. The monoisotopic (exact) mass is 450 g/mol. The summed E-state index contributed by atoms with van der Waals surface area (Å²) in [6, 6.07) is 15.8.